The van der Waals surface area contributed by atoms with Crippen LogP contribution < -0.4 is 4.74 Å². The monoisotopic (exact) mass is 409 g/mol. The van der Waals surface area contributed by atoms with Crippen molar-refractivity contribution in [3.63, 3.8) is 0 Å². The normalized spacial score (nSPS) is 15.3. The van der Waals surface area contributed by atoms with Crippen molar-refractivity contribution in [2.75, 3.05) is 19.0 Å². The van der Waals surface area contributed by atoms with Gasteiger partial charge in [0.25, 0.3) is 0 Å². The van der Waals surface area contributed by atoms with Crippen molar-refractivity contribution in [3.8, 4) is 17.6 Å². The third kappa shape index (κ3) is 4.94. The largest absolute Gasteiger partial charge is 0.493 e. The van der Waals surface area contributed by atoms with E-state index in [1.54, 1.807) is 37.1 Å². The van der Waals surface area contributed by atoms with Crippen LogP contribution in [0.3, 0.4) is 0 Å². The average Bonchev–Trinajstić information content (AvgIpc) is 2.70. The number of ether oxygens (including phenoxy) is 2. The quantitative estimate of drug-likeness (QED) is 0.397. The number of carbonyl (C=O) groups is 1. The highest BCUT2D eigenvalue weighted by molar-refractivity contribution is 7.99. The molecule has 0 spiro atoms. The molecule has 1 aromatic carbocycles. The van der Waals surface area contributed by atoms with Gasteiger partial charge in [-0.1, -0.05) is 38.7 Å². The van der Waals surface area contributed by atoms with E-state index in [9.17, 15) is 4.79 Å². The topological polar surface area (TPSA) is 48.4 Å². The van der Waals surface area contributed by atoms with Crippen LogP contribution in [0, 0.1) is 11.8 Å². The number of rotatable bonds is 5. The van der Waals surface area contributed by atoms with E-state index in [-0.39, 0.29) is 11.4 Å². The number of fused-ring (bicyclic) bond motifs is 1. The van der Waals surface area contributed by atoms with Crippen molar-refractivity contribution >= 4 is 17.7 Å². The molecule has 1 aromatic heterocycles. The van der Waals surface area contributed by atoms with Crippen molar-refractivity contribution in [2.45, 2.75) is 50.3 Å². The maximum atomic E-state index is 12.5. The molecule has 0 radical (unpaired) electrons. The Balaban J connectivity index is 2.05. The Morgan fingerprint density at radius 3 is 2.90 bits per heavy atom. The lowest BCUT2D eigenvalue weighted by atomic mass is 9.79. The first kappa shape index (κ1) is 21.3. The third-order valence-electron chi connectivity index (χ3n) is 4.99. The molecule has 2 aromatic rings. The van der Waals surface area contributed by atoms with Gasteiger partial charge in [-0.25, -0.2) is 0 Å². The minimum absolute atomic E-state index is 0.0311. The van der Waals surface area contributed by atoms with Gasteiger partial charge in [-0.3, -0.25) is 9.78 Å². The summed E-state index contributed by atoms with van der Waals surface area (Å²) in [5.74, 6) is 7.28. The zero-order chi connectivity index (χ0) is 20.9. The van der Waals surface area contributed by atoms with Crippen LogP contribution in [-0.2, 0) is 14.9 Å². The minimum Gasteiger partial charge on any atom is -0.493 e. The van der Waals surface area contributed by atoms with Gasteiger partial charge in [0.15, 0.2) is 0 Å². The standard InChI is InChI=1S/C24H27NO3S/c1-5-27-23(26)19(18-8-7-12-25-16-18)10-9-17-14-20-21(15-22(17)29-6-2)28-13-11-24(20,3)4/h7-8,12,14-16,19H,5-6,11,13H2,1-4H3. The van der Waals surface area contributed by atoms with Crippen LogP contribution in [0.4, 0.5) is 0 Å². The highest BCUT2D eigenvalue weighted by atomic mass is 32.2. The SMILES string of the molecule is CCOC(=O)C(C#Cc1cc2c(cc1SCC)OCCC2(C)C)c1cccnc1. The van der Waals surface area contributed by atoms with Gasteiger partial charge in [0.1, 0.15) is 11.7 Å². The number of carbonyl (C=O) groups excluding carboxylic acids is 1. The maximum absolute atomic E-state index is 12.5. The summed E-state index contributed by atoms with van der Waals surface area (Å²) in [5.41, 5.74) is 2.86. The van der Waals surface area contributed by atoms with E-state index >= 15 is 0 Å². The Morgan fingerprint density at radius 2 is 2.21 bits per heavy atom. The number of hydrogen-bond acceptors (Lipinski definition) is 5. The summed E-state index contributed by atoms with van der Waals surface area (Å²) in [6, 6.07) is 7.89. The first-order valence-corrected chi connectivity index (χ1v) is 11.0. The minimum atomic E-state index is -0.664. The molecule has 0 aliphatic carbocycles. The van der Waals surface area contributed by atoms with Crippen molar-refractivity contribution in [1.29, 1.82) is 0 Å². The molecule has 0 fully saturated rings. The van der Waals surface area contributed by atoms with Crippen molar-refractivity contribution in [1.82, 2.24) is 4.98 Å². The molecule has 1 aliphatic heterocycles. The van der Waals surface area contributed by atoms with Gasteiger partial charge >= 0.3 is 5.97 Å². The van der Waals surface area contributed by atoms with Crippen molar-refractivity contribution in [3.05, 3.63) is 53.3 Å². The number of pyridine rings is 1. The molecule has 1 aliphatic rings. The fourth-order valence-corrected chi connectivity index (χ4v) is 4.10. The molecular weight excluding hydrogens is 382 g/mol. The zero-order valence-electron chi connectivity index (χ0n) is 17.5. The van der Waals surface area contributed by atoms with E-state index in [4.69, 9.17) is 9.47 Å². The molecule has 29 heavy (non-hydrogen) atoms. The van der Waals surface area contributed by atoms with Crippen LogP contribution in [0.1, 0.15) is 56.7 Å². The van der Waals surface area contributed by atoms with E-state index in [0.717, 1.165) is 40.6 Å². The molecule has 1 unspecified atom stereocenters. The van der Waals surface area contributed by atoms with Crippen LogP contribution >= 0.6 is 11.8 Å². The van der Waals surface area contributed by atoms with Crippen LogP contribution in [0.5, 0.6) is 5.75 Å². The van der Waals surface area contributed by atoms with Gasteiger partial charge in [0, 0.05) is 28.4 Å². The summed E-state index contributed by atoms with van der Waals surface area (Å²) in [5, 5.41) is 0. The highest BCUT2D eigenvalue weighted by Gasteiger charge is 2.30. The number of aromatic nitrogens is 1. The van der Waals surface area contributed by atoms with Gasteiger partial charge in [-0.15, -0.1) is 11.8 Å². The number of nitrogens with zero attached hydrogens (tertiary/aromatic N) is 1. The van der Waals surface area contributed by atoms with Gasteiger partial charge in [0.2, 0.25) is 0 Å². The van der Waals surface area contributed by atoms with Gasteiger partial charge < -0.3 is 9.47 Å². The van der Waals surface area contributed by atoms with Crippen LogP contribution in [0.15, 0.2) is 41.6 Å². The van der Waals surface area contributed by atoms with E-state index in [2.05, 4.69) is 49.7 Å². The first-order chi connectivity index (χ1) is 14.0. The molecule has 152 valence electrons. The van der Waals surface area contributed by atoms with Crippen LogP contribution in [0.2, 0.25) is 0 Å². The predicted octanol–water partition coefficient (Wildman–Crippen LogP) is 4.95. The van der Waals surface area contributed by atoms with E-state index < -0.39 is 5.92 Å². The second-order valence-electron chi connectivity index (χ2n) is 7.50. The summed E-state index contributed by atoms with van der Waals surface area (Å²) < 4.78 is 11.2. The summed E-state index contributed by atoms with van der Waals surface area (Å²) in [7, 11) is 0. The Bertz CT molecular complexity index is 928. The lowest BCUT2D eigenvalue weighted by molar-refractivity contribution is -0.143. The summed E-state index contributed by atoms with van der Waals surface area (Å²) in [6.45, 7) is 9.42. The molecule has 0 saturated heterocycles. The smallest absolute Gasteiger partial charge is 0.325 e. The van der Waals surface area contributed by atoms with Crippen LogP contribution in [0.25, 0.3) is 0 Å². The lowest BCUT2D eigenvalue weighted by Crippen LogP contribution is -2.26. The molecule has 0 bridgehead atoms. The number of benzene rings is 1. The van der Waals surface area contributed by atoms with Gasteiger partial charge in [-0.2, -0.15) is 0 Å². The second kappa shape index (κ2) is 9.37. The molecule has 1 atom stereocenters. The fraction of sp³-hybridized carbons (Fsp3) is 0.417. The number of esters is 1. The van der Waals surface area contributed by atoms with Crippen LogP contribution in [-0.4, -0.2) is 29.9 Å². The van der Waals surface area contributed by atoms with Crippen molar-refractivity contribution < 1.29 is 14.3 Å². The number of thioether (sulfide) groups is 1. The molecule has 0 amide bonds. The van der Waals surface area contributed by atoms with Gasteiger partial charge in [-0.05, 0) is 48.3 Å². The Morgan fingerprint density at radius 1 is 1.38 bits per heavy atom. The first-order valence-electron chi connectivity index (χ1n) is 9.98. The molecule has 4 nitrogen and oxygen atoms in total. The fourth-order valence-electron chi connectivity index (χ4n) is 3.33. The molecule has 0 saturated carbocycles. The molecule has 0 N–H and O–H groups in total. The second-order valence-corrected chi connectivity index (χ2v) is 8.81. The Hall–Kier alpha value is -2.45. The lowest BCUT2D eigenvalue weighted by Gasteiger charge is -2.33. The molecular formula is C24H27NO3S. The molecule has 2 heterocycles. The predicted molar refractivity (Wildman–Crippen MR) is 116 cm³/mol. The van der Waals surface area contributed by atoms with E-state index in [0.29, 0.717) is 6.61 Å². The number of hydrogen-bond donors (Lipinski definition) is 0. The summed E-state index contributed by atoms with van der Waals surface area (Å²) >= 11 is 1.73. The van der Waals surface area contributed by atoms with E-state index in [1.807, 2.05) is 6.07 Å². The maximum Gasteiger partial charge on any atom is 0.325 e. The average molecular weight is 410 g/mol. The molecule has 5 heteroatoms. The third-order valence-corrected chi connectivity index (χ3v) is 5.92. The summed E-state index contributed by atoms with van der Waals surface area (Å²) in [4.78, 5) is 17.7. The summed E-state index contributed by atoms with van der Waals surface area (Å²) in [6.07, 6.45) is 4.32. The highest BCUT2D eigenvalue weighted by Crippen LogP contribution is 2.41. The Kier molecular flexibility index (Phi) is 6.87. The van der Waals surface area contributed by atoms with Gasteiger partial charge in [0.05, 0.1) is 13.2 Å². The Labute approximate surface area is 177 Å². The molecule has 3 rings (SSSR count). The zero-order valence-corrected chi connectivity index (χ0v) is 18.3. The van der Waals surface area contributed by atoms with E-state index in [1.165, 1.54) is 5.56 Å². The van der Waals surface area contributed by atoms with Crippen molar-refractivity contribution in [2.24, 2.45) is 0 Å².